The second kappa shape index (κ2) is 6.70. The maximum Gasteiger partial charge on any atom is 0.331 e. The number of carbonyl (C=O) groups excluding carboxylic acids is 1. The number of benzene rings is 1. The second-order valence-electron chi connectivity index (χ2n) is 4.08. The molecule has 0 aliphatic carbocycles. The van der Waals surface area contributed by atoms with Gasteiger partial charge >= 0.3 is 6.03 Å². The highest BCUT2D eigenvalue weighted by atomic mass is 35.5. The van der Waals surface area contributed by atoms with Crippen LogP contribution < -0.4 is 4.90 Å². The summed E-state index contributed by atoms with van der Waals surface area (Å²) in [5.41, 5.74) is 0.742. The van der Waals surface area contributed by atoms with E-state index in [1.165, 1.54) is 0 Å². The molecular weight excluding hydrogens is 317 g/mol. The average molecular weight is 332 g/mol. The molecule has 7 heteroatoms. The van der Waals surface area contributed by atoms with E-state index in [2.05, 4.69) is 4.99 Å². The largest absolute Gasteiger partial charge is 0.331 e. The maximum absolute atomic E-state index is 12.5. The van der Waals surface area contributed by atoms with Gasteiger partial charge in [-0.25, -0.2) is 4.79 Å². The number of hydrogen-bond donors (Lipinski definition) is 0. The van der Waals surface area contributed by atoms with Crippen molar-refractivity contribution in [2.24, 2.45) is 4.99 Å². The second-order valence-corrected chi connectivity index (χ2v) is 5.81. The molecule has 1 saturated heterocycles. The van der Waals surface area contributed by atoms with Crippen LogP contribution in [-0.2, 0) is 0 Å². The fourth-order valence-corrected chi connectivity index (χ4v) is 3.24. The first-order valence-electron chi connectivity index (χ1n) is 6.29. The van der Waals surface area contributed by atoms with E-state index < -0.39 is 0 Å². The van der Waals surface area contributed by atoms with Gasteiger partial charge in [0.25, 0.3) is 0 Å². The lowest BCUT2D eigenvalue weighted by atomic mass is 10.3. The highest BCUT2D eigenvalue weighted by Gasteiger charge is 2.31. The van der Waals surface area contributed by atoms with Crippen LogP contribution in [-0.4, -0.2) is 35.1 Å². The number of rotatable bonds is 3. The molecule has 1 aliphatic rings. The first-order valence-corrected chi connectivity index (χ1v) is 8.04. The molecule has 0 saturated carbocycles. The van der Waals surface area contributed by atoms with Crippen molar-refractivity contribution in [2.45, 2.75) is 13.8 Å². The Morgan fingerprint density at radius 3 is 2.65 bits per heavy atom. The number of hydrogen-bond acceptors (Lipinski definition) is 3. The van der Waals surface area contributed by atoms with E-state index in [-0.39, 0.29) is 6.03 Å². The van der Waals surface area contributed by atoms with E-state index in [0.29, 0.717) is 29.0 Å². The highest BCUT2D eigenvalue weighted by molar-refractivity contribution is 8.14. The number of amidine groups is 1. The predicted molar refractivity (Wildman–Crippen MR) is 87.2 cm³/mol. The van der Waals surface area contributed by atoms with E-state index in [1.54, 1.807) is 39.8 Å². The Hall–Kier alpha value is -0.910. The van der Waals surface area contributed by atoms with Crippen LogP contribution in [0, 0.1) is 0 Å². The molecule has 1 aliphatic heterocycles. The molecule has 2 amide bonds. The first kappa shape index (κ1) is 15.5. The number of urea groups is 1. The molecule has 0 radical (unpaired) electrons. The molecular formula is C13H15Cl2N3OS. The fourth-order valence-electron chi connectivity index (χ4n) is 1.86. The van der Waals surface area contributed by atoms with Crippen molar-refractivity contribution in [3.05, 3.63) is 28.2 Å². The van der Waals surface area contributed by atoms with Crippen molar-refractivity contribution >= 4 is 51.8 Å². The van der Waals surface area contributed by atoms with E-state index >= 15 is 0 Å². The Morgan fingerprint density at radius 2 is 2.05 bits per heavy atom. The van der Waals surface area contributed by atoms with Gasteiger partial charge in [0.1, 0.15) is 0 Å². The highest BCUT2D eigenvalue weighted by Crippen LogP contribution is 2.31. The minimum atomic E-state index is -0.0863. The molecule has 0 spiro atoms. The third kappa shape index (κ3) is 3.05. The molecule has 4 nitrogen and oxygen atoms in total. The van der Waals surface area contributed by atoms with Gasteiger partial charge in [-0.2, -0.15) is 0 Å². The third-order valence-electron chi connectivity index (χ3n) is 2.84. The lowest BCUT2D eigenvalue weighted by molar-refractivity contribution is 0.229. The zero-order valence-electron chi connectivity index (χ0n) is 11.3. The molecule has 2 rings (SSSR count). The first-order chi connectivity index (χ1) is 9.58. The van der Waals surface area contributed by atoms with Gasteiger partial charge in [-0.3, -0.25) is 14.8 Å². The number of carbonyl (C=O) groups is 1. The van der Waals surface area contributed by atoms with Crippen LogP contribution in [0.3, 0.4) is 0 Å². The van der Waals surface area contributed by atoms with Crippen molar-refractivity contribution in [1.82, 2.24) is 4.90 Å². The smallest absolute Gasteiger partial charge is 0.284 e. The predicted octanol–water partition coefficient (Wildman–Crippen LogP) is 4.32. The number of anilines is 1. The van der Waals surface area contributed by atoms with Crippen LogP contribution in [0.25, 0.3) is 0 Å². The summed E-state index contributed by atoms with van der Waals surface area (Å²) < 4.78 is 0. The summed E-state index contributed by atoms with van der Waals surface area (Å²) in [5.74, 6) is 0.520. The van der Waals surface area contributed by atoms with Crippen molar-refractivity contribution in [1.29, 1.82) is 0 Å². The zero-order chi connectivity index (χ0) is 14.7. The van der Waals surface area contributed by atoms with E-state index in [0.717, 1.165) is 10.9 Å². The van der Waals surface area contributed by atoms with Gasteiger partial charge in [0.2, 0.25) is 0 Å². The number of amides is 2. The topological polar surface area (TPSA) is 35.9 Å². The van der Waals surface area contributed by atoms with Crippen LogP contribution >= 0.6 is 35.0 Å². The Labute approximate surface area is 132 Å². The van der Waals surface area contributed by atoms with Gasteiger partial charge in [-0.15, -0.1) is 0 Å². The van der Waals surface area contributed by atoms with E-state index in [4.69, 9.17) is 23.2 Å². The van der Waals surface area contributed by atoms with Crippen LogP contribution in [0.2, 0.25) is 10.0 Å². The normalized spacial score (nSPS) is 18.0. The SMILES string of the molecule is CCN=C1SCN(c2ccc(Cl)c(Cl)c2)C(=O)N1CC. The molecule has 0 unspecified atom stereocenters. The zero-order valence-corrected chi connectivity index (χ0v) is 13.6. The lowest BCUT2D eigenvalue weighted by Crippen LogP contribution is -2.50. The minimum Gasteiger partial charge on any atom is -0.284 e. The molecule has 1 heterocycles. The van der Waals surface area contributed by atoms with Crippen molar-refractivity contribution < 1.29 is 4.79 Å². The molecule has 1 aromatic rings. The monoisotopic (exact) mass is 331 g/mol. The summed E-state index contributed by atoms with van der Waals surface area (Å²) in [4.78, 5) is 20.2. The summed E-state index contributed by atoms with van der Waals surface area (Å²) in [7, 11) is 0. The summed E-state index contributed by atoms with van der Waals surface area (Å²) in [6.07, 6.45) is 0. The summed E-state index contributed by atoms with van der Waals surface area (Å²) in [6, 6.07) is 5.11. The van der Waals surface area contributed by atoms with Gasteiger partial charge in [-0.05, 0) is 32.0 Å². The van der Waals surface area contributed by atoms with Gasteiger partial charge in [-0.1, -0.05) is 35.0 Å². The van der Waals surface area contributed by atoms with Crippen molar-refractivity contribution in [3.63, 3.8) is 0 Å². The summed E-state index contributed by atoms with van der Waals surface area (Å²) in [6.45, 7) is 5.14. The number of aliphatic imine (C=N–C) groups is 1. The van der Waals surface area contributed by atoms with Crippen LogP contribution in [0.5, 0.6) is 0 Å². The molecule has 0 atom stereocenters. The Bertz CT molecular complexity index is 550. The maximum atomic E-state index is 12.5. The van der Waals surface area contributed by atoms with Gasteiger partial charge in [0.05, 0.1) is 15.9 Å². The molecule has 20 heavy (non-hydrogen) atoms. The Morgan fingerprint density at radius 1 is 1.30 bits per heavy atom. The number of nitrogens with zero attached hydrogens (tertiary/aromatic N) is 3. The minimum absolute atomic E-state index is 0.0863. The lowest BCUT2D eigenvalue weighted by Gasteiger charge is -2.35. The van der Waals surface area contributed by atoms with Gasteiger partial charge in [0, 0.05) is 18.8 Å². The molecule has 0 bridgehead atoms. The fraction of sp³-hybridized carbons (Fsp3) is 0.385. The van der Waals surface area contributed by atoms with Crippen molar-refractivity contribution in [2.75, 3.05) is 23.9 Å². The van der Waals surface area contributed by atoms with E-state index in [9.17, 15) is 4.79 Å². The number of halogens is 2. The quantitative estimate of drug-likeness (QED) is 0.826. The summed E-state index contributed by atoms with van der Waals surface area (Å²) >= 11 is 13.5. The third-order valence-corrected chi connectivity index (χ3v) is 4.57. The Balaban J connectivity index is 2.28. The van der Waals surface area contributed by atoms with Gasteiger partial charge < -0.3 is 0 Å². The molecule has 1 aromatic carbocycles. The van der Waals surface area contributed by atoms with Crippen LogP contribution in [0.4, 0.5) is 10.5 Å². The van der Waals surface area contributed by atoms with Gasteiger partial charge in [0.15, 0.2) is 5.17 Å². The van der Waals surface area contributed by atoms with E-state index in [1.807, 2.05) is 13.8 Å². The molecule has 1 fully saturated rings. The van der Waals surface area contributed by atoms with Crippen molar-refractivity contribution in [3.8, 4) is 0 Å². The molecule has 0 aromatic heterocycles. The average Bonchev–Trinajstić information content (AvgIpc) is 2.43. The molecule has 0 N–H and O–H groups in total. The summed E-state index contributed by atoms with van der Waals surface area (Å²) in [5, 5.41) is 1.70. The Kier molecular flexibility index (Phi) is 5.18. The van der Waals surface area contributed by atoms with Crippen LogP contribution in [0.1, 0.15) is 13.8 Å². The standard InChI is InChI=1S/C13H15Cl2N3OS/c1-3-16-12-17(4-2)13(19)18(8-20-12)9-5-6-10(14)11(15)7-9/h5-7H,3-4,8H2,1-2H3. The van der Waals surface area contributed by atoms with Crippen LogP contribution in [0.15, 0.2) is 23.2 Å². The number of thioether (sulfide) groups is 1. The molecule has 108 valence electrons.